The molecule has 1 aromatic rings. The molecule has 1 aromatic carbocycles. The van der Waals surface area contributed by atoms with Crippen molar-refractivity contribution >= 4 is 0 Å². The van der Waals surface area contributed by atoms with Gasteiger partial charge in [-0.2, -0.15) is 0 Å². The monoisotopic (exact) mass is 384 g/mol. The van der Waals surface area contributed by atoms with Gasteiger partial charge in [0, 0.05) is 0 Å². The lowest BCUT2D eigenvalue weighted by Gasteiger charge is -2.30. The van der Waals surface area contributed by atoms with Gasteiger partial charge in [-0.25, -0.2) is 4.39 Å². The summed E-state index contributed by atoms with van der Waals surface area (Å²) in [5.74, 6) is 2.91. The average Bonchev–Trinajstić information content (AvgIpc) is 2.73. The Bertz CT molecular complexity index is 621. The van der Waals surface area contributed by atoms with Gasteiger partial charge in [0.15, 0.2) is 0 Å². The molecule has 0 radical (unpaired) electrons. The molecule has 0 bridgehead atoms. The van der Waals surface area contributed by atoms with Gasteiger partial charge in [0.2, 0.25) is 0 Å². The number of hydrogen-bond donors (Lipinski definition) is 0. The molecule has 2 aliphatic carbocycles. The fourth-order valence-corrected chi connectivity index (χ4v) is 5.30. The third kappa shape index (κ3) is 6.75. The topological polar surface area (TPSA) is 0 Å². The summed E-state index contributed by atoms with van der Waals surface area (Å²) in [6.07, 6.45) is 21.7. The van der Waals surface area contributed by atoms with Gasteiger partial charge in [-0.3, -0.25) is 0 Å². The predicted octanol–water partition coefficient (Wildman–Crippen LogP) is 8.57. The molecule has 2 aliphatic rings. The highest BCUT2D eigenvalue weighted by Gasteiger charge is 2.22. The fraction of sp³-hybridized carbons (Fsp3) is 0.704. The van der Waals surface area contributed by atoms with Crippen molar-refractivity contribution in [3.63, 3.8) is 0 Å². The third-order valence-corrected chi connectivity index (χ3v) is 7.50. The van der Waals surface area contributed by atoms with Crippen LogP contribution in [-0.4, -0.2) is 0 Å². The molecule has 0 amide bonds. The first-order chi connectivity index (χ1) is 13.6. The molecular formula is C27H41F. The van der Waals surface area contributed by atoms with E-state index in [1.165, 1.54) is 77.0 Å². The minimum atomic E-state index is -0.0606. The van der Waals surface area contributed by atoms with Crippen molar-refractivity contribution in [2.75, 3.05) is 0 Å². The lowest BCUT2D eigenvalue weighted by atomic mass is 9.76. The van der Waals surface area contributed by atoms with Crippen LogP contribution in [0.25, 0.3) is 0 Å². The van der Waals surface area contributed by atoms with Crippen LogP contribution in [0.3, 0.4) is 0 Å². The van der Waals surface area contributed by atoms with E-state index < -0.39 is 0 Å². The molecule has 3 rings (SSSR count). The van der Waals surface area contributed by atoms with Crippen LogP contribution in [0.5, 0.6) is 0 Å². The van der Waals surface area contributed by atoms with Crippen molar-refractivity contribution in [1.29, 1.82) is 0 Å². The summed E-state index contributed by atoms with van der Waals surface area (Å²) in [5.41, 5.74) is 3.49. The van der Waals surface area contributed by atoms with Gasteiger partial charge in [-0.15, -0.1) is 0 Å². The second kappa shape index (κ2) is 11.2. The van der Waals surface area contributed by atoms with Crippen molar-refractivity contribution in [3.8, 4) is 0 Å². The third-order valence-electron chi connectivity index (χ3n) is 7.50. The maximum atomic E-state index is 13.7. The molecule has 1 atom stereocenters. The second-order valence-electron chi connectivity index (χ2n) is 9.69. The highest BCUT2D eigenvalue weighted by atomic mass is 19.1. The zero-order valence-electron chi connectivity index (χ0n) is 18.3. The Balaban J connectivity index is 1.32. The number of unbranched alkanes of at least 4 members (excludes halogenated alkanes) is 1. The highest BCUT2D eigenvalue weighted by molar-refractivity contribution is 5.24. The molecular weight excluding hydrogens is 343 g/mol. The Morgan fingerprint density at radius 2 is 1.61 bits per heavy atom. The van der Waals surface area contributed by atoms with Crippen LogP contribution in [0, 0.1) is 30.5 Å². The van der Waals surface area contributed by atoms with Gasteiger partial charge in [0.25, 0.3) is 0 Å². The van der Waals surface area contributed by atoms with E-state index in [4.69, 9.17) is 0 Å². The maximum absolute atomic E-state index is 13.7. The molecule has 156 valence electrons. The first kappa shape index (κ1) is 21.6. The summed E-state index contributed by atoms with van der Waals surface area (Å²) in [7, 11) is 0. The summed E-state index contributed by atoms with van der Waals surface area (Å²) < 4.78 is 13.7. The second-order valence-corrected chi connectivity index (χ2v) is 9.69. The molecule has 0 aromatic heterocycles. The number of rotatable bonds is 9. The number of allylic oxidation sites excluding steroid dienone is 2. The minimum Gasteiger partial charge on any atom is -0.207 e. The highest BCUT2D eigenvalue weighted by Crippen LogP contribution is 2.37. The molecule has 0 N–H and O–H groups in total. The molecule has 1 unspecified atom stereocenters. The van der Waals surface area contributed by atoms with Gasteiger partial charge >= 0.3 is 0 Å². The normalized spacial score (nSPS) is 25.5. The summed E-state index contributed by atoms with van der Waals surface area (Å²) in [6.45, 7) is 4.15. The first-order valence-corrected chi connectivity index (χ1v) is 12.1. The Morgan fingerprint density at radius 3 is 2.25 bits per heavy atom. The standard InChI is InChI=1S/C27H41F/c1-3-4-5-22-8-10-23(11-9-22)12-13-24-14-16-25(17-15-24)18-19-26-7-6-21(2)27(28)20-26/h6-7,16,20,22-24H,3-5,8-15,17-19H2,1-2H3. The molecule has 1 saturated carbocycles. The number of aryl methyl sites for hydroxylation is 2. The quantitative estimate of drug-likeness (QED) is 0.374. The number of halogens is 1. The van der Waals surface area contributed by atoms with Gasteiger partial charge in [0.05, 0.1) is 0 Å². The van der Waals surface area contributed by atoms with Crippen molar-refractivity contribution in [2.24, 2.45) is 17.8 Å². The van der Waals surface area contributed by atoms with Crippen LogP contribution in [0.4, 0.5) is 4.39 Å². The summed E-state index contributed by atoms with van der Waals surface area (Å²) in [4.78, 5) is 0. The van der Waals surface area contributed by atoms with Crippen LogP contribution < -0.4 is 0 Å². The zero-order chi connectivity index (χ0) is 19.8. The van der Waals surface area contributed by atoms with Gasteiger partial charge in [-0.1, -0.05) is 82.1 Å². The van der Waals surface area contributed by atoms with Crippen molar-refractivity contribution in [1.82, 2.24) is 0 Å². The molecule has 1 heteroatoms. The van der Waals surface area contributed by atoms with E-state index >= 15 is 0 Å². The Labute approximate surface area is 173 Å². The zero-order valence-corrected chi connectivity index (χ0v) is 18.3. The molecule has 1 fully saturated rings. The van der Waals surface area contributed by atoms with E-state index in [1.807, 2.05) is 13.0 Å². The first-order valence-electron chi connectivity index (χ1n) is 12.1. The molecule has 0 saturated heterocycles. The van der Waals surface area contributed by atoms with Gasteiger partial charge in [-0.05, 0) is 80.4 Å². The number of hydrogen-bond acceptors (Lipinski definition) is 0. The largest absolute Gasteiger partial charge is 0.207 e. The smallest absolute Gasteiger partial charge is 0.126 e. The van der Waals surface area contributed by atoms with Crippen LogP contribution in [-0.2, 0) is 6.42 Å². The molecule has 0 heterocycles. The van der Waals surface area contributed by atoms with Crippen LogP contribution in [0.15, 0.2) is 29.8 Å². The van der Waals surface area contributed by atoms with Crippen molar-refractivity contribution in [2.45, 2.75) is 104 Å². The molecule has 0 aliphatic heterocycles. The Morgan fingerprint density at radius 1 is 0.893 bits per heavy atom. The van der Waals surface area contributed by atoms with Crippen molar-refractivity contribution in [3.05, 3.63) is 46.8 Å². The Kier molecular flexibility index (Phi) is 8.62. The summed E-state index contributed by atoms with van der Waals surface area (Å²) >= 11 is 0. The van der Waals surface area contributed by atoms with E-state index in [0.29, 0.717) is 0 Å². The van der Waals surface area contributed by atoms with E-state index in [9.17, 15) is 4.39 Å². The van der Waals surface area contributed by atoms with Crippen LogP contribution >= 0.6 is 0 Å². The van der Waals surface area contributed by atoms with Crippen molar-refractivity contribution < 1.29 is 4.39 Å². The van der Waals surface area contributed by atoms with Crippen LogP contribution in [0.2, 0.25) is 0 Å². The summed E-state index contributed by atoms with van der Waals surface area (Å²) in [5, 5.41) is 0. The van der Waals surface area contributed by atoms with E-state index in [1.54, 1.807) is 11.6 Å². The average molecular weight is 385 g/mol. The minimum absolute atomic E-state index is 0.0606. The van der Waals surface area contributed by atoms with E-state index in [2.05, 4.69) is 19.1 Å². The molecule has 28 heavy (non-hydrogen) atoms. The van der Waals surface area contributed by atoms with E-state index in [-0.39, 0.29) is 5.82 Å². The lowest BCUT2D eigenvalue weighted by molar-refractivity contribution is 0.235. The predicted molar refractivity (Wildman–Crippen MR) is 119 cm³/mol. The maximum Gasteiger partial charge on any atom is 0.126 e. The van der Waals surface area contributed by atoms with E-state index in [0.717, 1.165) is 41.7 Å². The van der Waals surface area contributed by atoms with Crippen LogP contribution in [0.1, 0.15) is 102 Å². The summed E-state index contributed by atoms with van der Waals surface area (Å²) in [6, 6.07) is 5.72. The van der Waals surface area contributed by atoms with Gasteiger partial charge < -0.3 is 0 Å². The van der Waals surface area contributed by atoms with Gasteiger partial charge in [0.1, 0.15) is 5.82 Å². The molecule has 0 spiro atoms. The molecule has 0 nitrogen and oxygen atoms in total. The fourth-order valence-electron chi connectivity index (χ4n) is 5.30. The Hall–Kier alpha value is -1.11. The SMILES string of the molecule is CCCCC1CCC(CCC2CC=C(CCc3ccc(C)c(F)c3)CC2)CC1. The lowest BCUT2D eigenvalue weighted by Crippen LogP contribution is -2.16. The number of benzene rings is 1.